The van der Waals surface area contributed by atoms with Crippen LogP contribution in [-0.4, -0.2) is 12.7 Å². The van der Waals surface area contributed by atoms with Gasteiger partial charge in [0.25, 0.3) is 0 Å². The lowest BCUT2D eigenvalue weighted by Crippen LogP contribution is -3.00. The van der Waals surface area contributed by atoms with Crippen LogP contribution in [0.4, 0.5) is 22.1 Å². The summed E-state index contributed by atoms with van der Waals surface area (Å²) in [5.41, 5.74) is 9.24. The number of H-pyrrole nitrogens is 1. The number of carbonyl (C=O) groups is 1. The summed E-state index contributed by atoms with van der Waals surface area (Å²) in [4.78, 5) is 14.6. The second kappa shape index (κ2) is 8.58. The van der Waals surface area contributed by atoms with E-state index in [1.165, 1.54) is 11.1 Å². The number of benzene rings is 1. The smallest absolute Gasteiger partial charge is 0.411 e. The second-order valence-corrected chi connectivity index (χ2v) is 5.83. The van der Waals surface area contributed by atoms with Crippen molar-refractivity contribution < 1.29 is 26.9 Å². The van der Waals surface area contributed by atoms with Crippen molar-refractivity contribution in [3.63, 3.8) is 0 Å². The molecule has 1 aliphatic rings. The molecule has 0 saturated carbocycles. The van der Waals surface area contributed by atoms with Gasteiger partial charge >= 0.3 is 6.09 Å². The van der Waals surface area contributed by atoms with Crippen LogP contribution in [-0.2, 0) is 11.2 Å². The highest BCUT2D eigenvalue weighted by molar-refractivity contribution is 5.87. The van der Waals surface area contributed by atoms with Crippen LogP contribution in [0.2, 0.25) is 0 Å². The van der Waals surface area contributed by atoms with Gasteiger partial charge in [-0.15, -0.1) is 0 Å². The molecule has 1 aliphatic carbocycles. The van der Waals surface area contributed by atoms with Crippen LogP contribution in [0.15, 0.2) is 36.4 Å². The average molecular weight is 363 g/mol. The van der Waals surface area contributed by atoms with Crippen molar-refractivity contribution in [3.8, 4) is 0 Å². The number of aryl methyl sites for hydroxylation is 1. The molecule has 0 fully saturated rings. The Balaban J connectivity index is 0.00000225. The van der Waals surface area contributed by atoms with Crippen molar-refractivity contribution in [2.45, 2.75) is 32.2 Å². The number of nitrogens with two attached hydrogens (primary N) is 1. The first-order valence-electron chi connectivity index (χ1n) is 8.27. The lowest BCUT2D eigenvalue weighted by molar-refractivity contribution is -0.342. The number of rotatable bonds is 4. The molecule has 1 atom stereocenters. The third-order valence-electron chi connectivity index (χ3n) is 4.19. The van der Waals surface area contributed by atoms with Crippen molar-refractivity contribution in [1.82, 2.24) is 0 Å². The molecule has 1 amide bonds. The van der Waals surface area contributed by atoms with Gasteiger partial charge in [-0.3, -0.25) is 10.6 Å². The van der Waals surface area contributed by atoms with Crippen molar-refractivity contribution in [2.24, 2.45) is 0 Å². The number of aromatic nitrogens is 1. The van der Waals surface area contributed by atoms with E-state index in [0.717, 1.165) is 25.1 Å². The molecule has 1 aromatic heterocycles. The summed E-state index contributed by atoms with van der Waals surface area (Å²) in [5, 5.41) is 6.12. The Bertz CT molecular complexity index is 739. The minimum Gasteiger partial charge on any atom is -1.00 e. The van der Waals surface area contributed by atoms with Gasteiger partial charge in [0.2, 0.25) is 11.6 Å². The third kappa shape index (κ3) is 4.54. The third-order valence-corrected chi connectivity index (χ3v) is 4.19. The number of halogens is 1. The van der Waals surface area contributed by atoms with Crippen LogP contribution in [0.3, 0.4) is 0 Å². The highest BCUT2D eigenvalue weighted by Gasteiger charge is 2.22. The Hall–Kier alpha value is -2.47. The maximum Gasteiger partial charge on any atom is 0.411 e. The van der Waals surface area contributed by atoms with E-state index in [1.807, 2.05) is 6.07 Å². The average Bonchev–Trinajstić information content (AvgIpc) is 2.58. The number of nitrogens with one attached hydrogen (secondary N) is 3. The summed E-state index contributed by atoms with van der Waals surface area (Å²) >= 11 is 0. The summed E-state index contributed by atoms with van der Waals surface area (Å²) in [7, 11) is 0. The molecule has 0 radical (unpaired) electrons. The molecule has 2 aromatic rings. The van der Waals surface area contributed by atoms with E-state index in [4.69, 9.17) is 10.5 Å². The van der Waals surface area contributed by atoms with Gasteiger partial charge in [0, 0.05) is 6.07 Å². The number of hydrogen-bond acceptors (Lipinski definition) is 4. The van der Waals surface area contributed by atoms with E-state index in [9.17, 15) is 4.79 Å². The first-order valence-corrected chi connectivity index (χ1v) is 8.27. The van der Waals surface area contributed by atoms with Crippen molar-refractivity contribution in [3.05, 3.63) is 47.5 Å². The quantitative estimate of drug-likeness (QED) is 0.722. The lowest BCUT2D eigenvalue weighted by atomic mass is 9.88. The molecular formula is C18H23ClN4O2. The number of carbonyl (C=O) groups excluding carboxylic acids is 1. The molecule has 134 valence electrons. The Morgan fingerprint density at radius 3 is 2.88 bits per heavy atom. The Labute approximate surface area is 153 Å². The first kappa shape index (κ1) is 18.9. The molecule has 7 heteroatoms. The maximum absolute atomic E-state index is 11.5. The zero-order chi connectivity index (χ0) is 16.9. The standard InChI is InChI=1S/C18H22N4O2.ClH/c1-2-24-18(23)21-15-10-11-16(22-17(15)19)20-14-9-5-7-12-6-3-4-8-13(12)14;/h3-4,6,8,10-11,14H,2,5,7,9H2,1H3,(H,21,23)(H3,19,20,22);1H. The van der Waals surface area contributed by atoms with E-state index >= 15 is 0 Å². The molecule has 6 nitrogen and oxygen atoms in total. The topological polar surface area (TPSA) is 90.5 Å². The van der Waals surface area contributed by atoms with Gasteiger partial charge in [0.1, 0.15) is 5.69 Å². The Morgan fingerprint density at radius 1 is 1.32 bits per heavy atom. The predicted octanol–water partition coefficient (Wildman–Crippen LogP) is 0.145. The molecule has 0 aliphatic heterocycles. The van der Waals surface area contributed by atoms with Gasteiger partial charge in [-0.2, -0.15) is 0 Å². The van der Waals surface area contributed by atoms with E-state index in [-0.39, 0.29) is 18.4 Å². The van der Waals surface area contributed by atoms with Crippen LogP contribution in [0.1, 0.15) is 36.9 Å². The Kier molecular flexibility index (Phi) is 6.47. The normalized spacial score (nSPS) is 15.5. The molecule has 25 heavy (non-hydrogen) atoms. The number of amides is 1. The van der Waals surface area contributed by atoms with Gasteiger partial charge in [0.05, 0.1) is 12.6 Å². The zero-order valence-corrected chi connectivity index (χ0v) is 14.9. The fourth-order valence-electron chi connectivity index (χ4n) is 3.07. The molecule has 1 unspecified atom stereocenters. The van der Waals surface area contributed by atoms with E-state index in [1.54, 1.807) is 13.0 Å². The summed E-state index contributed by atoms with van der Waals surface area (Å²) in [6.07, 6.45) is 2.85. The van der Waals surface area contributed by atoms with E-state index < -0.39 is 6.09 Å². The van der Waals surface area contributed by atoms with Crippen LogP contribution < -0.4 is 33.8 Å². The van der Waals surface area contributed by atoms with Gasteiger partial charge in [-0.05, 0) is 43.4 Å². The van der Waals surface area contributed by atoms with Gasteiger partial charge in [0.15, 0.2) is 0 Å². The maximum atomic E-state index is 11.5. The molecule has 3 rings (SSSR count). The van der Waals surface area contributed by atoms with Crippen LogP contribution in [0.5, 0.6) is 0 Å². The summed E-state index contributed by atoms with van der Waals surface area (Å²) < 4.78 is 4.86. The Morgan fingerprint density at radius 2 is 2.12 bits per heavy atom. The van der Waals surface area contributed by atoms with Gasteiger partial charge < -0.3 is 22.9 Å². The van der Waals surface area contributed by atoms with Crippen molar-refractivity contribution in [1.29, 1.82) is 0 Å². The second-order valence-electron chi connectivity index (χ2n) is 5.83. The highest BCUT2D eigenvalue weighted by Crippen LogP contribution is 2.31. The van der Waals surface area contributed by atoms with Crippen LogP contribution in [0.25, 0.3) is 0 Å². The highest BCUT2D eigenvalue weighted by atomic mass is 35.5. The SMILES string of the molecule is CCOC(=O)Nc1ccc(NC2CCCc3ccccc32)[nH+]c1N.[Cl-]. The number of fused-ring (bicyclic) bond motifs is 1. The number of aromatic amines is 1. The minimum atomic E-state index is -0.514. The number of nitrogen functional groups attached to an aromatic ring is 1. The monoisotopic (exact) mass is 362 g/mol. The molecule has 1 heterocycles. The summed E-state index contributed by atoms with van der Waals surface area (Å²) in [6.45, 7) is 2.07. The summed E-state index contributed by atoms with van der Waals surface area (Å²) in [5.74, 6) is 1.21. The molecule has 0 saturated heterocycles. The van der Waals surface area contributed by atoms with Crippen LogP contribution >= 0.6 is 0 Å². The fraction of sp³-hybridized carbons (Fsp3) is 0.333. The first-order chi connectivity index (χ1) is 11.7. The lowest BCUT2D eigenvalue weighted by Gasteiger charge is -2.24. The molecule has 0 bridgehead atoms. The van der Waals surface area contributed by atoms with E-state index in [2.05, 4.69) is 39.9 Å². The van der Waals surface area contributed by atoms with Crippen molar-refractivity contribution >= 4 is 23.4 Å². The number of ether oxygens (including phenoxy) is 1. The molecule has 0 spiro atoms. The zero-order valence-electron chi connectivity index (χ0n) is 14.1. The largest absolute Gasteiger partial charge is 1.00 e. The van der Waals surface area contributed by atoms with Gasteiger partial charge in [-0.1, -0.05) is 24.3 Å². The minimum absolute atomic E-state index is 0. The molecule has 1 aromatic carbocycles. The van der Waals surface area contributed by atoms with Crippen molar-refractivity contribution in [2.75, 3.05) is 23.0 Å². The summed E-state index contributed by atoms with van der Waals surface area (Å²) in [6, 6.07) is 12.4. The number of anilines is 3. The fourth-order valence-corrected chi connectivity index (χ4v) is 3.07. The molecular weight excluding hydrogens is 340 g/mol. The number of hydrogen-bond donors (Lipinski definition) is 3. The van der Waals surface area contributed by atoms with Gasteiger partial charge in [-0.25, -0.2) is 9.78 Å². The van der Waals surface area contributed by atoms with E-state index in [0.29, 0.717) is 18.1 Å². The predicted molar refractivity (Wildman–Crippen MR) is 93.8 cm³/mol. The van der Waals surface area contributed by atoms with Crippen LogP contribution in [0, 0.1) is 0 Å². The molecule has 5 N–H and O–H groups in total. The number of pyridine rings is 1.